The molecule has 1 fully saturated rings. The lowest BCUT2D eigenvalue weighted by molar-refractivity contribution is -0.137. The molecule has 194 valence electrons. The van der Waals surface area contributed by atoms with Gasteiger partial charge in [0.15, 0.2) is 6.61 Å². The molecule has 0 aromatic heterocycles. The number of nitrogens with zero attached hydrogens (tertiary/aromatic N) is 3. The Bertz CT molecular complexity index is 1150. The number of hydrogen-bond donors (Lipinski definition) is 1. The van der Waals surface area contributed by atoms with Crippen LogP contribution in [-0.4, -0.2) is 83.7 Å². The number of morpholine rings is 1. The maximum Gasteiger partial charge on any atom is 0.260 e. The first kappa shape index (κ1) is 27.0. The molecular formula is C24H30N4O7S. The Labute approximate surface area is 210 Å². The van der Waals surface area contributed by atoms with Crippen LogP contribution in [0, 0.1) is 0 Å². The van der Waals surface area contributed by atoms with E-state index in [1.165, 1.54) is 6.21 Å². The molecule has 1 aliphatic rings. The quantitative estimate of drug-likeness (QED) is 0.350. The van der Waals surface area contributed by atoms with Crippen molar-refractivity contribution in [1.29, 1.82) is 0 Å². The van der Waals surface area contributed by atoms with Crippen molar-refractivity contribution in [3.63, 3.8) is 0 Å². The molecule has 1 N–H and O–H groups in total. The smallest absolute Gasteiger partial charge is 0.260 e. The largest absolute Gasteiger partial charge is 0.494 e. The molecule has 1 aliphatic heterocycles. The Morgan fingerprint density at radius 3 is 2.28 bits per heavy atom. The van der Waals surface area contributed by atoms with E-state index >= 15 is 0 Å². The van der Waals surface area contributed by atoms with Gasteiger partial charge in [0.05, 0.1) is 38.0 Å². The number of carbonyl (C=O) groups excluding carboxylic acids is 2. The van der Waals surface area contributed by atoms with E-state index in [0.717, 1.165) is 10.6 Å². The third kappa shape index (κ3) is 8.24. The number of ether oxygens (including phenoxy) is 3. The van der Waals surface area contributed by atoms with E-state index < -0.39 is 22.5 Å². The monoisotopic (exact) mass is 518 g/mol. The van der Waals surface area contributed by atoms with Crippen LogP contribution in [0.15, 0.2) is 53.6 Å². The summed E-state index contributed by atoms with van der Waals surface area (Å²) in [4.78, 5) is 26.2. The highest BCUT2D eigenvalue weighted by molar-refractivity contribution is 7.92. The Balaban J connectivity index is 1.50. The number of carbonyl (C=O) groups is 2. The van der Waals surface area contributed by atoms with Crippen molar-refractivity contribution >= 4 is 33.7 Å². The Kier molecular flexibility index (Phi) is 9.65. The summed E-state index contributed by atoms with van der Waals surface area (Å²) >= 11 is 0. The SMILES string of the molecule is CCOc1ccc(N(CC(=O)N/N=C\c2ccc(OCC(=O)N3CCOCC3)cc2)S(C)(=O)=O)cc1. The second-order valence-corrected chi connectivity index (χ2v) is 9.75. The molecule has 2 aromatic rings. The van der Waals surface area contributed by atoms with Crippen LogP contribution in [0.3, 0.4) is 0 Å². The average molecular weight is 519 g/mol. The first-order chi connectivity index (χ1) is 17.3. The zero-order valence-corrected chi connectivity index (χ0v) is 21.1. The van der Waals surface area contributed by atoms with E-state index in [2.05, 4.69) is 10.5 Å². The number of hydrogen-bond acceptors (Lipinski definition) is 8. The molecule has 36 heavy (non-hydrogen) atoms. The standard InChI is InChI=1S/C24H30N4O7S/c1-3-34-21-10-6-20(7-11-21)28(36(2,31)32)17-23(29)26-25-16-19-4-8-22(9-5-19)35-18-24(30)27-12-14-33-15-13-27/h4-11,16H,3,12-15,17-18H2,1-2H3,(H,26,29)/b25-16-. The van der Waals surface area contributed by atoms with Crippen LogP contribution >= 0.6 is 0 Å². The summed E-state index contributed by atoms with van der Waals surface area (Å²) < 4.78 is 41.6. The van der Waals surface area contributed by atoms with Crippen LogP contribution in [0.1, 0.15) is 12.5 Å². The fourth-order valence-corrected chi connectivity index (χ4v) is 4.18. The predicted octanol–water partition coefficient (Wildman–Crippen LogP) is 1.24. The zero-order valence-electron chi connectivity index (χ0n) is 20.3. The summed E-state index contributed by atoms with van der Waals surface area (Å²) in [7, 11) is -3.71. The topological polar surface area (TPSA) is 127 Å². The van der Waals surface area contributed by atoms with Crippen LogP contribution < -0.4 is 19.2 Å². The molecule has 0 bridgehead atoms. The molecule has 0 atom stereocenters. The zero-order chi connectivity index (χ0) is 26.0. The molecule has 1 saturated heterocycles. The van der Waals surface area contributed by atoms with Gasteiger partial charge in [-0.1, -0.05) is 0 Å². The molecule has 0 saturated carbocycles. The second kappa shape index (κ2) is 12.9. The van der Waals surface area contributed by atoms with E-state index in [9.17, 15) is 18.0 Å². The first-order valence-electron chi connectivity index (χ1n) is 11.4. The van der Waals surface area contributed by atoms with Crippen molar-refractivity contribution in [3.05, 3.63) is 54.1 Å². The van der Waals surface area contributed by atoms with Gasteiger partial charge in [0.2, 0.25) is 10.0 Å². The van der Waals surface area contributed by atoms with Gasteiger partial charge in [-0.25, -0.2) is 13.8 Å². The number of rotatable bonds is 11. The number of anilines is 1. The van der Waals surface area contributed by atoms with E-state index in [0.29, 0.717) is 55.7 Å². The molecule has 0 aliphatic carbocycles. The number of benzene rings is 2. The van der Waals surface area contributed by atoms with Gasteiger partial charge < -0.3 is 19.1 Å². The highest BCUT2D eigenvalue weighted by Crippen LogP contribution is 2.21. The third-order valence-corrected chi connectivity index (χ3v) is 6.27. The molecule has 11 nitrogen and oxygen atoms in total. The molecular weight excluding hydrogens is 488 g/mol. The normalized spacial score (nSPS) is 13.9. The Morgan fingerprint density at radius 1 is 1.06 bits per heavy atom. The van der Waals surface area contributed by atoms with Crippen LogP contribution in [0.4, 0.5) is 5.69 Å². The van der Waals surface area contributed by atoms with Gasteiger partial charge in [0.1, 0.15) is 18.0 Å². The highest BCUT2D eigenvalue weighted by Gasteiger charge is 2.21. The van der Waals surface area contributed by atoms with Gasteiger partial charge >= 0.3 is 0 Å². The van der Waals surface area contributed by atoms with E-state index in [1.807, 2.05) is 6.92 Å². The Hall–Kier alpha value is -3.64. The maximum atomic E-state index is 12.3. The van der Waals surface area contributed by atoms with Gasteiger partial charge in [0.25, 0.3) is 11.8 Å². The molecule has 0 radical (unpaired) electrons. The molecule has 1 heterocycles. The lowest BCUT2D eigenvalue weighted by Gasteiger charge is -2.26. The van der Waals surface area contributed by atoms with Gasteiger partial charge in [-0.2, -0.15) is 5.10 Å². The summed E-state index contributed by atoms with van der Waals surface area (Å²) in [5.41, 5.74) is 3.34. The minimum absolute atomic E-state index is 0.0608. The van der Waals surface area contributed by atoms with Crippen LogP contribution in [0.25, 0.3) is 0 Å². The van der Waals surface area contributed by atoms with E-state index in [-0.39, 0.29) is 12.5 Å². The fraction of sp³-hybridized carbons (Fsp3) is 0.375. The first-order valence-corrected chi connectivity index (χ1v) is 13.2. The van der Waals surface area contributed by atoms with Gasteiger partial charge in [-0.3, -0.25) is 13.9 Å². The minimum atomic E-state index is -3.71. The molecule has 0 unspecified atom stereocenters. The van der Waals surface area contributed by atoms with Crippen molar-refractivity contribution in [1.82, 2.24) is 10.3 Å². The number of amides is 2. The van der Waals surface area contributed by atoms with Crippen molar-refractivity contribution < 1.29 is 32.2 Å². The molecule has 0 spiro atoms. The molecule has 2 amide bonds. The van der Waals surface area contributed by atoms with E-state index in [4.69, 9.17) is 14.2 Å². The average Bonchev–Trinajstić information content (AvgIpc) is 2.87. The lowest BCUT2D eigenvalue weighted by atomic mass is 10.2. The summed E-state index contributed by atoms with van der Waals surface area (Å²) in [5, 5.41) is 3.89. The van der Waals surface area contributed by atoms with Gasteiger partial charge in [-0.05, 0) is 61.0 Å². The summed E-state index contributed by atoms with van der Waals surface area (Å²) in [6, 6.07) is 13.2. The lowest BCUT2D eigenvalue weighted by Crippen LogP contribution is -2.42. The van der Waals surface area contributed by atoms with Crippen LogP contribution in [0.5, 0.6) is 11.5 Å². The van der Waals surface area contributed by atoms with E-state index in [1.54, 1.807) is 53.4 Å². The van der Waals surface area contributed by atoms with Crippen molar-refractivity contribution in [2.24, 2.45) is 5.10 Å². The molecule has 12 heteroatoms. The van der Waals surface area contributed by atoms with Crippen molar-refractivity contribution in [2.75, 3.05) is 56.6 Å². The van der Waals surface area contributed by atoms with Crippen LogP contribution in [-0.2, 0) is 24.3 Å². The fourth-order valence-electron chi connectivity index (χ4n) is 3.32. The van der Waals surface area contributed by atoms with Gasteiger partial charge in [-0.15, -0.1) is 0 Å². The second-order valence-electron chi connectivity index (χ2n) is 7.84. The predicted molar refractivity (Wildman–Crippen MR) is 135 cm³/mol. The summed E-state index contributed by atoms with van der Waals surface area (Å²) in [6.45, 7) is 4.02. The summed E-state index contributed by atoms with van der Waals surface area (Å²) in [5.74, 6) is 0.424. The molecule has 2 aromatic carbocycles. The third-order valence-electron chi connectivity index (χ3n) is 5.13. The minimum Gasteiger partial charge on any atom is -0.494 e. The number of hydrazone groups is 1. The van der Waals surface area contributed by atoms with Crippen molar-refractivity contribution in [2.45, 2.75) is 6.92 Å². The summed E-state index contributed by atoms with van der Waals surface area (Å²) in [6.07, 6.45) is 2.44. The van der Waals surface area contributed by atoms with Gasteiger partial charge in [0, 0.05) is 13.1 Å². The number of nitrogens with one attached hydrogen (secondary N) is 1. The Morgan fingerprint density at radius 2 is 1.67 bits per heavy atom. The number of sulfonamides is 1. The highest BCUT2D eigenvalue weighted by atomic mass is 32.2. The van der Waals surface area contributed by atoms with Crippen molar-refractivity contribution in [3.8, 4) is 11.5 Å². The maximum absolute atomic E-state index is 12.3. The van der Waals surface area contributed by atoms with Crippen LogP contribution in [0.2, 0.25) is 0 Å². The molecule has 3 rings (SSSR count).